The van der Waals surface area contributed by atoms with Gasteiger partial charge < -0.3 is 14.8 Å². The molecule has 21 heavy (non-hydrogen) atoms. The van der Waals surface area contributed by atoms with Gasteiger partial charge in [0.05, 0.1) is 13.2 Å². The number of hydrogen-bond acceptors (Lipinski definition) is 3. The fourth-order valence-electron chi connectivity index (χ4n) is 3.52. The number of benzene rings is 1. The molecular formula is C17H24ClNO2. The van der Waals surface area contributed by atoms with Crippen LogP contribution in [0.1, 0.15) is 51.0 Å². The molecular weight excluding hydrogens is 286 g/mol. The van der Waals surface area contributed by atoms with Crippen LogP contribution >= 0.6 is 11.6 Å². The van der Waals surface area contributed by atoms with Gasteiger partial charge in [0.15, 0.2) is 11.5 Å². The van der Waals surface area contributed by atoms with Crippen molar-refractivity contribution in [3.05, 3.63) is 22.7 Å². The Balaban J connectivity index is 1.90. The van der Waals surface area contributed by atoms with E-state index in [0.717, 1.165) is 47.9 Å². The van der Waals surface area contributed by atoms with Crippen molar-refractivity contribution >= 4 is 11.6 Å². The first-order chi connectivity index (χ1) is 10.1. The Morgan fingerprint density at radius 2 is 1.95 bits per heavy atom. The maximum absolute atomic E-state index is 6.54. The molecule has 1 aliphatic carbocycles. The molecule has 2 aliphatic rings. The highest BCUT2D eigenvalue weighted by molar-refractivity contribution is 6.31. The van der Waals surface area contributed by atoms with Crippen molar-refractivity contribution in [2.24, 2.45) is 0 Å². The Morgan fingerprint density at radius 3 is 2.57 bits per heavy atom. The molecule has 1 aromatic rings. The normalized spacial score (nSPS) is 26.2. The van der Waals surface area contributed by atoms with Crippen molar-refractivity contribution in [1.29, 1.82) is 0 Å². The van der Waals surface area contributed by atoms with Gasteiger partial charge in [-0.25, -0.2) is 0 Å². The van der Waals surface area contributed by atoms with E-state index in [1.165, 1.54) is 19.3 Å². The van der Waals surface area contributed by atoms with Crippen molar-refractivity contribution in [1.82, 2.24) is 5.32 Å². The summed E-state index contributed by atoms with van der Waals surface area (Å²) in [6.45, 7) is 3.24. The number of ether oxygens (including phenoxy) is 2. The summed E-state index contributed by atoms with van der Waals surface area (Å²) in [6.07, 6.45) is 7.33. The number of nitrogens with one attached hydrogen (secondary N) is 1. The molecule has 0 bridgehead atoms. The van der Waals surface area contributed by atoms with Gasteiger partial charge in [0.1, 0.15) is 0 Å². The van der Waals surface area contributed by atoms with Gasteiger partial charge in [0.25, 0.3) is 0 Å². The first kappa shape index (κ1) is 15.0. The SMILES string of the molecule is COc1cc(C2(C)CCCN2)c(Cl)cc1OC1CCCC1. The molecule has 4 heteroatoms. The first-order valence-corrected chi connectivity index (χ1v) is 8.30. The molecule has 116 valence electrons. The Bertz CT molecular complexity index is 506. The van der Waals surface area contributed by atoms with Crippen LogP contribution in [-0.4, -0.2) is 19.8 Å². The van der Waals surface area contributed by atoms with E-state index < -0.39 is 0 Å². The van der Waals surface area contributed by atoms with E-state index in [4.69, 9.17) is 21.1 Å². The lowest BCUT2D eigenvalue weighted by Gasteiger charge is -2.27. The monoisotopic (exact) mass is 309 g/mol. The molecule has 1 atom stereocenters. The minimum Gasteiger partial charge on any atom is -0.493 e. The summed E-state index contributed by atoms with van der Waals surface area (Å²) in [5.41, 5.74) is 1.05. The number of halogens is 1. The second-order valence-electron chi connectivity index (χ2n) is 6.37. The molecule has 1 aliphatic heterocycles. The molecule has 1 saturated heterocycles. The van der Waals surface area contributed by atoms with Gasteiger partial charge in [-0.3, -0.25) is 0 Å². The van der Waals surface area contributed by atoms with E-state index >= 15 is 0 Å². The molecule has 2 fully saturated rings. The van der Waals surface area contributed by atoms with E-state index in [2.05, 4.69) is 12.2 Å². The van der Waals surface area contributed by atoms with Crippen LogP contribution in [0.5, 0.6) is 11.5 Å². The van der Waals surface area contributed by atoms with Crippen molar-refractivity contribution < 1.29 is 9.47 Å². The number of hydrogen-bond donors (Lipinski definition) is 1. The standard InChI is InChI=1S/C17H24ClNO2/c1-17(8-5-9-19-17)13-10-15(20-2)16(11-14(13)18)21-12-6-3-4-7-12/h10-12,19H,3-9H2,1-2H3. The third-order valence-corrected chi connectivity index (χ3v) is 5.13. The summed E-state index contributed by atoms with van der Waals surface area (Å²) < 4.78 is 11.6. The smallest absolute Gasteiger partial charge is 0.163 e. The summed E-state index contributed by atoms with van der Waals surface area (Å²) in [5.74, 6) is 1.57. The van der Waals surface area contributed by atoms with Gasteiger partial charge in [-0.1, -0.05) is 11.6 Å². The molecule has 0 aromatic heterocycles. The maximum atomic E-state index is 6.54. The van der Waals surface area contributed by atoms with E-state index in [1.807, 2.05) is 12.1 Å². The molecule has 0 amide bonds. The van der Waals surface area contributed by atoms with Gasteiger partial charge >= 0.3 is 0 Å². The average molecular weight is 310 g/mol. The molecule has 3 nitrogen and oxygen atoms in total. The average Bonchev–Trinajstić information content (AvgIpc) is 3.11. The second-order valence-corrected chi connectivity index (χ2v) is 6.78. The third kappa shape index (κ3) is 3.00. The quantitative estimate of drug-likeness (QED) is 0.901. The van der Waals surface area contributed by atoms with Crippen LogP contribution in [0.4, 0.5) is 0 Å². The Kier molecular flexibility index (Phi) is 4.32. The van der Waals surface area contributed by atoms with E-state index in [1.54, 1.807) is 7.11 Å². The van der Waals surface area contributed by atoms with Crippen LogP contribution in [0, 0.1) is 0 Å². The lowest BCUT2D eigenvalue weighted by molar-refractivity contribution is 0.200. The highest BCUT2D eigenvalue weighted by Gasteiger charge is 2.33. The first-order valence-electron chi connectivity index (χ1n) is 7.92. The van der Waals surface area contributed by atoms with E-state index in [9.17, 15) is 0 Å². The van der Waals surface area contributed by atoms with Gasteiger partial charge in [-0.05, 0) is 63.6 Å². The lowest BCUT2D eigenvalue weighted by Crippen LogP contribution is -2.33. The summed E-state index contributed by atoms with van der Waals surface area (Å²) in [4.78, 5) is 0. The van der Waals surface area contributed by atoms with Gasteiger partial charge in [-0.2, -0.15) is 0 Å². The molecule has 1 heterocycles. The summed E-state index contributed by atoms with van der Waals surface area (Å²) in [6, 6.07) is 3.98. The minimum atomic E-state index is -0.0593. The fraction of sp³-hybridized carbons (Fsp3) is 0.647. The Morgan fingerprint density at radius 1 is 1.19 bits per heavy atom. The zero-order valence-electron chi connectivity index (χ0n) is 12.9. The van der Waals surface area contributed by atoms with Crippen molar-refractivity contribution in [3.8, 4) is 11.5 Å². The molecule has 3 rings (SSSR count). The molecule has 1 N–H and O–H groups in total. The summed E-state index contributed by atoms with van der Waals surface area (Å²) in [5, 5.41) is 4.32. The largest absolute Gasteiger partial charge is 0.493 e. The predicted octanol–water partition coefficient (Wildman–Crippen LogP) is 4.27. The van der Waals surface area contributed by atoms with E-state index in [-0.39, 0.29) is 5.54 Å². The van der Waals surface area contributed by atoms with Crippen molar-refractivity contribution in [2.45, 2.75) is 57.1 Å². The zero-order chi connectivity index (χ0) is 14.9. The van der Waals surface area contributed by atoms with Crippen molar-refractivity contribution in [2.75, 3.05) is 13.7 Å². The van der Waals surface area contributed by atoms with Crippen molar-refractivity contribution in [3.63, 3.8) is 0 Å². The lowest BCUT2D eigenvalue weighted by atomic mass is 9.90. The number of rotatable bonds is 4. The zero-order valence-corrected chi connectivity index (χ0v) is 13.6. The Labute approximate surface area is 132 Å². The predicted molar refractivity (Wildman–Crippen MR) is 85.5 cm³/mol. The minimum absolute atomic E-state index is 0.0593. The van der Waals surface area contributed by atoms with Gasteiger partial charge in [0, 0.05) is 16.6 Å². The second kappa shape index (κ2) is 6.05. The van der Waals surface area contributed by atoms with Crippen LogP contribution in [0.15, 0.2) is 12.1 Å². The highest BCUT2D eigenvalue weighted by atomic mass is 35.5. The van der Waals surface area contributed by atoms with Crippen LogP contribution in [0.2, 0.25) is 5.02 Å². The topological polar surface area (TPSA) is 30.5 Å². The summed E-state index contributed by atoms with van der Waals surface area (Å²) >= 11 is 6.54. The van der Waals surface area contributed by atoms with Gasteiger partial charge in [-0.15, -0.1) is 0 Å². The number of methoxy groups -OCH3 is 1. The Hall–Kier alpha value is -0.930. The maximum Gasteiger partial charge on any atom is 0.163 e. The third-order valence-electron chi connectivity index (χ3n) is 4.81. The molecule has 1 saturated carbocycles. The van der Waals surface area contributed by atoms with Crippen LogP contribution < -0.4 is 14.8 Å². The fourth-order valence-corrected chi connectivity index (χ4v) is 3.88. The highest BCUT2D eigenvalue weighted by Crippen LogP contribution is 2.42. The van der Waals surface area contributed by atoms with Gasteiger partial charge in [0.2, 0.25) is 0 Å². The van der Waals surface area contributed by atoms with Crippen LogP contribution in [-0.2, 0) is 5.54 Å². The molecule has 0 spiro atoms. The van der Waals surface area contributed by atoms with Crippen LogP contribution in [0.25, 0.3) is 0 Å². The van der Waals surface area contributed by atoms with E-state index in [0.29, 0.717) is 6.10 Å². The molecule has 1 aromatic carbocycles. The summed E-state index contributed by atoms with van der Waals surface area (Å²) in [7, 11) is 1.69. The molecule has 1 unspecified atom stereocenters. The molecule has 0 radical (unpaired) electrons. The van der Waals surface area contributed by atoms with Crippen LogP contribution in [0.3, 0.4) is 0 Å².